The number of oxime groups is 1. The van der Waals surface area contributed by atoms with E-state index in [4.69, 9.17) is 9.57 Å². The van der Waals surface area contributed by atoms with Crippen LogP contribution in [-0.4, -0.2) is 25.1 Å². The third-order valence-corrected chi connectivity index (χ3v) is 2.88. The van der Waals surface area contributed by atoms with Crippen molar-refractivity contribution in [2.75, 3.05) is 13.2 Å². The van der Waals surface area contributed by atoms with Gasteiger partial charge < -0.3 is 9.57 Å². The van der Waals surface area contributed by atoms with Crippen molar-refractivity contribution < 1.29 is 22.7 Å². The lowest BCUT2D eigenvalue weighted by Gasteiger charge is -2.08. The van der Waals surface area contributed by atoms with Gasteiger partial charge in [0.25, 0.3) is 0 Å². The van der Waals surface area contributed by atoms with Crippen molar-refractivity contribution in [3.05, 3.63) is 29.8 Å². The summed E-state index contributed by atoms with van der Waals surface area (Å²) in [7, 11) is 0. The zero-order valence-corrected chi connectivity index (χ0v) is 10.9. The molecular formula is C14H16F3NO2. The van der Waals surface area contributed by atoms with E-state index in [1.165, 1.54) is 0 Å². The van der Waals surface area contributed by atoms with Crippen LogP contribution >= 0.6 is 0 Å². The van der Waals surface area contributed by atoms with Gasteiger partial charge in [0, 0.05) is 12.0 Å². The van der Waals surface area contributed by atoms with Crippen LogP contribution in [0, 0.1) is 0 Å². The van der Waals surface area contributed by atoms with E-state index in [1.54, 1.807) is 0 Å². The Morgan fingerprint density at radius 1 is 1.25 bits per heavy atom. The molecule has 0 unspecified atom stereocenters. The molecule has 0 aromatic heterocycles. The number of rotatable bonds is 4. The molecule has 1 aliphatic heterocycles. The number of halogens is 3. The molecule has 3 nitrogen and oxygen atoms in total. The highest BCUT2D eigenvalue weighted by Gasteiger charge is 2.26. The number of hydrogen-bond donors (Lipinski definition) is 0. The summed E-state index contributed by atoms with van der Waals surface area (Å²) in [6, 6.07) is 7.46. The molecule has 0 saturated carbocycles. The third kappa shape index (κ3) is 4.43. The molecule has 1 aliphatic rings. The van der Waals surface area contributed by atoms with Gasteiger partial charge in [0.05, 0.1) is 12.3 Å². The minimum Gasteiger partial charge on any atom is -0.493 e. The van der Waals surface area contributed by atoms with Gasteiger partial charge in [-0.1, -0.05) is 17.3 Å². The molecule has 1 heterocycles. The Morgan fingerprint density at radius 2 is 2.05 bits per heavy atom. The van der Waals surface area contributed by atoms with Crippen LogP contribution in [0.3, 0.4) is 0 Å². The van der Waals surface area contributed by atoms with Crippen LogP contribution in [0.15, 0.2) is 29.4 Å². The molecule has 6 heteroatoms. The van der Waals surface area contributed by atoms with Crippen LogP contribution in [0.1, 0.15) is 31.2 Å². The van der Waals surface area contributed by atoms with Crippen LogP contribution in [0.2, 0.25) is 0 Å². The van der Waals surface area contributed by atoms with Gasteiger partial charge in [-0.3, -0.25) is 0 Å². The smallest absolute Gasteiger partial charge is 0.389 e. The van der Waals surface area contributed by atoms with Crippen molar-refractivity contribution in [1.29, 1.82) is 0 Å². The number of hydrogen-bond acceptors (Lipinski definition) is 3. The summed E-state index contributed by atoms with van der Waals surface area (Å²) < 4.78 is 41.5. The van der Waals surface area contributed by atoms with E-state index in [1.807, 2.05) is 24.3 Å². The lowest BCUT2D eigenvalue weighted by atomic mass is 10.1. The van der Waals surface area contributed by atoms with Gasteiger partial charge in [0.2, 0.25) is 0 Å². The standard InChI is InChI=1S/C14H16F3NO2/c15-14(16,17)8-4-10-20-18-12-6-3-9-19-13-7-2-1-5-11(12)13/h1-2,5,7H,3-4,6,8-10H2. The maximum Gasteiger partial charge on any atom is 0.389 e. The number of nitrogens with zero attached hydrogens (tertiary/aromatic N) is 1. The van der Waals surface area contributed by atoms with Crippen molar-refractivity contribution in [3.63, 3.8) is 0 Å². The van der Waals surface area contributed by atoms with Crippen LogP contribution in [0.5, 0.6) is 5.75 Å². The van der Waals surface area contributed by atoms with Crippen LogP contribution in [0.25, 0.3) is 0 Å². The molecule has 1 aromatic rings. The van der Waals surface area contributed by atoms with E-state index in [2.05, 4.69) is 5.16 Å². The number of alkyl halides is 3. The summed E-state index contributed by atoms with van der Waals surface area (Å²) in [5.74, 6) is 0.739. The zero-order chi connectivity index (χ0) is 14.4. The number of para-hydroxylation sites is 1. The molecule has 0 aliphatic carbocycles. The molecule has 0 bridgehead atoms. The first-order valence-corrected chi connectivity index (χ1v) is 6.54. The SMILES string of the molecule is FC(F)(F)CCCON=C1CCCOc2ccccc21. The molecule has 0 spiro atoms. The second-order valence-electron chi connectivity index (χ2n) is 4.54. The molecule has 0 atom stereocenters. The highest BCUT2D eigenvalue weighted by atomic mass is 19.4. The molecule has 0 amide bonds. The fraction of sp³-hybridized carbons (Fsp3) is 0.500. The predicted molar refractivity (Wildman–Crippen MR) is 68.9 cm³/mol. The first kappa shape index (κ1) is 14.7. The minimum absolute atomic E-state index is 0.0357. The Morgan fingerprint density at radius 3 is 2.85 bits per heavy atom. The molecule has 0 radical (unpaired) electrons. The molecule has 0 fully saturated rings. The maximum atomic E-state index is 12.0. The molecule has 20 heavy (non-hydrogen) atoms. The molecular weight excluding hydrogens is 271 g/mol. The van der Waals surface area contributed by atoms with Gasteiger partial charge in [-0.05, 0) is 31.4 Å². The zero-order valence-electron chi connectivity index (χ0n) is 10.9. The quantitative estimate of drug-likeness (QED) is 0.620. The van der Waals surface area contributed by atoms with Crippen LogP contribution in [0.4, 0.5) is 13.2 Å². The highest BCUT2D eigenvalue weighted by molar-refractivity contribution is 6.02. The van der Waals surface area contributed by atoms with Gasteiger partial charge in [0.1, 0.15) is 12.4 Å². The van der Waals surface area contributed by atoms with Crippen molar-refractivity contribution in [3.8, 4) is 5.75 Å². The van der Waals surface area contributed by atoms with E-state index < -0.39 is 12.6 Å². The predicted octanol–water partition coefficient (Wildman–Crippen LogP) is 3.92. The van der Waals surface area contributed by atoms with E-state index >= 15 is 0 Å². The fourth-order valence-electron chi connectivity index (χ4n) is 1.94. The van der Waals surface area contributed by atoms with E-state index in [0.29, 0.717) is 13.0 Å². The third-order valence-electron chi connectivity index (χ3n) is 2.88. The van der Waals surface area contributed by atoms with Gasteiger partial charge in [-0.2, -0.15) is 13.2 Å². The summed E-state index contributed by atoms with van der Waals surface area (Å²) in [5, 5.41) is 3.97. The number of benzene rings is 1. The first-order chi connectivity index (χ1) is 9.56. The number of fused-ring (bicyclic) bond motifs is 1. The Bertz CT molecular complexity index is 472. The second kappa shape index (κ2) is 6.63. The molecule has 0 saturated heterocycles. The Hall–Kier alpha value is -1.72. The lowest BCUT2D eigenvalue weighted by molar-refractivity contribution is -0.137. The van der Waals surface area contributed by atoms with Crippen molar-refractivity contribution in [2.24, 2.45) is 5.16 Å². The molecule has 1 aromatic carbocycles. The van der Waals surface area contributed by atoms with Crippen LogP contribution < -0.4 is 4.74 Å². The Balaban J connectivity index is 1.93. The Labute approximate surface area is 115 Å². The molecule has 0 N–H and O–H groups in total. The lowest BCUT2D eigenvalue weighted by Crippen LogP contribution is -2.08. The molecule has 2 rings (SSSR count). The van der Waals surface area contributed by atoms with E-state index in [-0.39, 0.29) is 13.0 Å². The van der Waals surface area contributed by atoms with Crippen LogP contribution in [-0.2, 0) is 4.84 Å². The fourth-order valence-corrected chi connectivity index (χ4v) is 1.94. The average Bonchev–Trinajstić information content (AvgIpc) is 2.60. The highest BCUT2D eigenvalue weighted by Crippen LogP contribution is 2.24. The minimum atomic E-state index is -4.14. The maximum absolute atomic E-state index is 12.0. The monoisotopic (exact) mass is 287 g/mol. The summed E-state index contributed by atoms with van der Waals surface area (Å²) >= 11 is 0. The van der Waals surface area contributed by atoms with E-state index in [0.717, 1.165) is 23.4 Å². The normalized spacial score (nSPS) is 17.2. The first-order valence-electron chi connectivity index (χ1n) is 6.54. The summed E-state index contributed by atoms with van der Waals surface area (Å²) in [5.41, 5.74) is 1.57. The van der Waals surface area contributed by atoms with Gasteiger partial charge in [-0.25, -0.2) is 0 Å². The van der Waals surface area contributed by atoms with Crippen molar-refractivity contribution in [2.45, 2.75) is 31.9 Å². The largest absolute Gasteiger partial charge is 0.493 e. The van der Waals surface area contributed by atoms with Gasteiger partial charge >= 0.3 is 6.18 Å². The van der Waals surface area contributed by atoms with Crippen molar-refractivity contribution >= 4 is 5.71 Å². The van der Waals surface area contributed by atoms with Crippen molar-refractivity contribution in [1.82, 2.24) is 0 Å². The van der Waals surface area contributed by atoms with Gasteiger partial charge in [0.15, 0.2) is 0 Å². The summed E-state index contributed by atoms with van der Waals surface area (Å²) in [6.07, 6.45) is -3.58. The molecule has 110 valence electrons. The topological polar surface area (TPSA) is 30.8 Å². The summed E-state index contributed by atoms with van der Waals surface area (Å²) in [6.45, 7) is 0.566. The average molecular weight is 287 g/mol. The number of ether oxygens (including phenoxy) is 1. The second-order valence-corrected chi connectivity index (χ2v) is 4.54. The van der Waals surface area contributed by atoms with E-state index in [9.17, 15) is 13.2 Å². The summed E-state index contributed by atoms with van der Waals surface area (Å²) in [4.78, 5) is 5.01. The van der Waals surface area contributed by atoms with Gasteiger partial charge in [-0.15, -0.1) is 0 Å². The Kier molecular flexibility index (Phi) is 4.87.